The van der Waals surface area contributed by atoms with Crippen LogP contribution < -0.4 is 5.43 Å². The highest BCUT2D eigenvalue weighted by molar-refractivity contribution is 5.17. The minimum atomic E-state index is 0.791. The summed E-state index contributed by atoms with van der Waals surface area (Å²) in [5.74, 6) is 0. The monoisotopic (exact) mass is 165 g/mol. The minimum absolute atomic E-state index is 0.791. The van der Waals surface area contributed by atoms with E-state index in [0.717, 1.165) is 12.2 Å². The van der Waals surface area contributed by atoms with Crippen LogP contribution in [0.5, 0.6) is 0 Å². The fraction of sp³-hybridized carbons (Fsp3) is 0.444. The molecule has 0 amide bonds. The second kappa shape index (κ2) is 4.18. The molecule has 0 aromatic carbocycles. The Hall–Kier alpha value is -0.930. The number of nitrogens with zero attached hydrogens (tertiary/aromatic N) is 2. The molecule has 0 aliphatic heterocycles. The third-order valence-corrected chi connectivity index (χ3v) is 1.68. The van der Waals surface area contributed by atoms with Crippen molar-refractivity contribution in [2.24, 2.45) is 0 Å². The van der Waals surface area contributed by atoms with Gasteiger partial charge in [-0.15, -0.1) is 0 Å². The van der Waals surface area contributed by atoms with E-state index in [-0.39, 0.29) is 0 Å². The summed E-state index contributed by atoms with van der Waals surface area (Å²) in [4.78, 5) is 4.26. The van der Waals surface area contributed by atoms with Gasteiger partial charge in [0.25, 0.3) is 0 Å². The summed E-state index contributed by atoms with van der Waals surface area (Å²) in [7, 11) is 3.94. The molecule has 1 aromatic heterocycles. The molecular weight excluding hydrogens is 150 g/mol. The van der Waals surface area contributed by atoms with Gasteiger partial charge in [0.05, 0.1) is 12.2 Å². The highest BCUT2D eigenvalue weighted by Crippen LogP contribution is 2.01. The minimum Gasteiger partial charge on any atom is -0.260 e. The average Bonchev–Trinajstić information content (AvgIpc) is 2.03. The van der Waals surface area contributed by atoms with Gasteiger partial charge in [0.1, 0.15) is 0 Å². The Bertz CT molecular complexity index is 245. The van der Waals surface area contributed by atoms with E-state index in [2.05, 4.69) is 23.4 Å². The van der Waals surface area contributed by atoms with Crippen LogP contribution in [0, 0.1) is 6.92 Å². The molecule has 0 atom stereocenters. The van der Waals surface area contributed by atoms with E-state index in [0.29, 0.717) is 0 Å². The molecule has 1 N–H and O–H groups in total. The van der Waals surface area contributed by atoms with Crippen molar-refractivity contribution in [2.45, 2.75) is 13.5 Å². The van der Waals surface area contributed by atoms with Crippen LogP contribution >= 0.6 is 0 Å². The number of aromatic nitrogens is 1. The molecule has 0 aliphatic carbocycles. The summed E-state index contributed by atoms with van der Waals surface area (Å²) >= 11 is 0. The molecular formula is C9H15N3. The van der Waals surface area contributed by atoms with Crippen LogP contribution in [0.1, 0.15) is 11.3 Å². The van der Waals surface area contributed by atoms with Gasteiger partial charge in [-0.1, -0.05) is 6.07 Å². The topological polar surface area (TPSA) is 28.2 Å². The summed E-state index contributed by atoms with van der Waals surface area (Å²) in [5.41, 5.74) is 5.50. The first-order chi connectivity index (χ1) is 5.70. The Morgan fingerprint density at radius 2 is 2.25 bits per heavy atom. The quantitative estimate of drug-likeness (QED) is 0.676. The average molecular weight is 165 g/mol. The Morgan fingerprint density at radius 1 is 1.50 bits per heavy atom. The van der Waals surface area contributed by atoms with Crippen LogP contribution in [0.2, 0.25) is 0 Å². The lowest BCUT2D eigenvalue weighted by atomic mass is 10.2. The van der Waals surface area contributed by atoms with Crippen LogP contribution in [-0.2, 0) is 6.54 Å². The van der Waals surface area contributed by atoms with Gasteiger partial charge in [0, 0.05) is 20.3 Å². The lowest BCUT2D eigenvalue weighted by Crippen LogP contribution is -2.30. The summed E-state index contributed by atoms with van der Waals surface area (Å²) in [5, 5.41) is 1.92. The Kier molecular flexibility index (Phi) is 3.19. The first-order valence-electron chi connectivity index (χ1n) is 4.01. The van der Waals surface area contributed by atoms with Crippen LogP contribution in [0.4, 0.5) is 0 Å². The van der Waals surface area contributed by atoms with Crippen molar-refractivity contribution in [3.63, 3.8) is 0 Å². The van der Waals surface area contributed by atoms with Crippen LogP contribution in [0.3, 0.4) is 0 Å². The number of hydrogen-bond donors (Lipinski definition) is 1. The lowest BCUT2D eigenvalue weighted by molar-refractivity contribution is 0.284. The molecule has 0 aliphatic rings. The maximum Gasteiger partial charge on any atom is 0.0584 e. The van der Waals surface area contributed by atoms with Crippen molar-refractivity contribution in [2.75, 3.05) is 14.1 Å². The zero-order valence-electron chi connectivity index (χ0n) is 7.83. The molecule has 0 unspecified atom stereocenters. The molecule has 0 saturated heterocycles. The van der Waals surface area contributed by atoms with Crippen molar-refractivity contribution in [3.05, 3.63) is 29.6 Å². The summed E-state index contributed by atoms with van der Waals surface area (Å²) in [6, 6.07) is 4.02. The Morgan fingerprint density at radius 3 is 2.83 bits per heavy atom. The molecule has 3 nitrogen and oxygen atoms in total. The van der Waals surface area contributed by atoms with Crippen molar-refractivity contribution in [1.82, 2.24) is 15.4 Å². The smallest absolute Gasteiger partial charge is 0.0584 e. The van der Waals surface area contributed by atoms with Crippen LogP contribution in [0.15, 0.2) is 18.3 Å². The SMILES string of the molecule is Cc1cccnc1CNN(C)C. The van der Waals surface area contributed by atoms with E-state index in [4.69, 9.17) is 0 Å². The molecule has 3 heteroatoms. The van der Waals surface area contributed by atoms with E-state index in [1.807, 2.05) is 31.4 Å². The standard InChI is InChI=1S/C9H15N3/c1-8-5-4-6-10-9(8)7-11-12(2)3/h4-6,11H,7H2,1-3H3. The summed E-state index contributed by atoms with van der Waals surface area (Å²) < 4.78 is 0. The zero-order chi connectivity index (χ0) is 8.97. The first kappa shape index (κ1) is 9.16. The first-order valence-corrected chi connectivity index (χ1v) is 4.01. The van der Waals surface area contributed by atoms with E-state index in [1.54, 1.807) is 0 Å². The van der Waals surface area contributed by atoms with Gasteiger partial charge in [0.15, 0.2) is 0 Å². The van der Waals surface area contributed by atoms with Gasteiger partial charge in [-0.3, -0.25) is 9.99 Å². The van der Waals surface area contributed by atoms with Gasteiger partial charge < -0.3 is 0 Å². The molecule has 1 heterocycles. The Balaban J connectivity index is 2.57. The second-order valence-corrected chi connectivity index (χ2v) is 3.00. The highest BCUT2D eigenvalue weighted by atomic mass is 15.5. The zero-order valence-corrected chi connectivity index (χ0v) is 7.83. The van der Waals surface area contributed by atoms with Crippen LogP contribution in [0.25, 0.3) is 0 Å². The molecule has 0 radical (unpaired) electrons. The molecule has 0 spiro atoms. The summed E-state index contributed by atoms with van der Waals surface area (Å²) in [6.45, 7) is 2.86. The number of hydrogen-bond acceptors (Lipinski definition) is 3. The van der Waals surface area contributed by atoms with Gasteiger partial charge >= 0.3 is 0 Å². The molecule has 66 valence electrons. The molecule has 0 bridgehead atoms. The molecule has 1 aromatic rings. The van der Waals surface area contributed by atoms with Crippen molar-refractivity contribution >= 4 is 0 Å². The fourth-order valence-electron chi connectivity index (χ4n) is 0.936. The molecule has 1 rings (SSSR count). The third-order valence-electron chi connectivity index (χ3n) is 1.68. The Labute approximate surface area is 73.4 Å². The van der Waals surface area contributed by atoms with Gasteiger partial charge in [-0.2, -0.15) is 0 Å². The van der Waals surface area contributed by atoms with Crippen molar-refractivity contribution < 1.29 is 0 Å². The normalized spacial score (nSPS) is 10.7. The van der Waals surface area contributed by atoms with Crippen LogP contribution in [-0.4, -0.2) is 24.1 Å². The van der Waals surface area contributed by atoms with Crippen molar-refractivity contribution in [3.8, 4) is 0 Å². The molecule has 0 fully saturated rings. The number of nitrogens with one attached hydrogen (secondary N) is 1. The molecule has 0 saturated carbocycles. The maximum atomic E-state index is 4.26. The third kappa shape index (κ3) is 2.60. The van der Waals surface area contributed by atoms with E-state index < -0.39 is 0 Å². The van der Waals surface area contributed by atoms with E-state index in [1.165, 1.54) is 5.56 Å². The second-order valence-electron chi connectivity index (χ2n) is 3.00. The number of hydrazine groups is 1. The predicted molar refractivity (Wildman–Crippen MR) is 49.5 cm³/mol. The number of aryl methyl sites for hydroxylation is 1. The van der Waals surface area contributed by atoms with Crippen molar-refractivity contribution in [1.29, 1.82) is 0 Å². The van der Waals surface area contributed by atoms with E-state index in [9.17, 15) is 0 Å². The lowest BCUT2D eigenvalue weighted by Gasteiger charge is -2.12. The van der Waals surface area contributed by atoms with Gasteiger partial charge in [-0.05, 0) is 18.6 Å². The predicted octanol–water partition coefficient (Wildman–Crippen LogP) is 0.956. The van der Waals surface area contributed by atoms with Gasteiger partial charge in [0.2, 0.25) is 0 Å². The number of rotatable bonds is 3. The molecule has 12 heavy (non-hydrogen) atoms. The number of pyridine rings is 1. The largest absolute Gasteiger partial charge is 0.260 e. The highest BCUT2D eigenvalue weighted by Gasteiger charge is 1.97. The maximum absolute atomic E-state index is 4.26. The summed E-state index contributed by atoms with van der Waals surface area (Å²) in [6.07, 6.45) is 1.82. The van der Waals surface area contributed by atoms with E-state index >= 15 is 0 Å². The van der Waals surface area contributed by atoms with Gasteiger partial charge in [-0.25, -0.2) is 5.43 Å². The fourth-order valence-corrected chi connectivity index (χ4v) is 0.936.